The highest BCUT2D eigenvalue weighted by Crippen LogP contribution is 2.21. The largest absolute Gasteiger partial charge is 0.372 e. The first kappa shape index (κ1) is 16.7. The maximum atomic E-state index is 5.79. The molecule has 1 fully saturated rings. The summed E-state index contributed by atoms with van der Waals surface area (Å²) in [6.45, 7) is 6.63. The lowest BCUT2D eigenvalue weighted by atomic mass is 10.2. The average Bonchev–Trinajstić information content (AvgIpc) is 2.66. The molecule has 0 aliphatic carbocycles. The monoisotopic (exact) mass is 349 g/mol. The van der Waals surface area contributed by atoms with Gasteiger partial charge in [0.25, 0.3) is 0 Å². The summed E-state index contributed by atoms with van der Waals surface area (Å²) in [5.74, 6) is 1.85. The second-order valence-corrected chi connectivity index (χ2v) is 6.78. The van der Waals surface area contributed by atoms with Gasteiger partial charge in [-0.15, -0.1) is 0 Å². The van der Waals surface area contributed by atoms with E-state index >= 15 is 0 Å². The molecule has 3 aromatic rings. The molecule has 0 radical (unpaired) electrons. The lowest BCUT2D eigenvalue weighted by Gasteiger charge is -2.36. The number of fused-ring (bicyclic) bond motifs is 1. The minimum absolute atomic E-state index is 0.230. The summed E-state index contributed by atoms with van der Waals surface area (Å²) in [5, 5.41) is 4.42. The van der Waals surface area contributed by atoms with Gasteiger partial charge in [0.2, 0.25) is 0 Å². The quantitative estimate of drug-likeness (QED) is 0.780. The molecule has 2 aromatic heterocycles. The van der Waals surface area contributed by atoms with Crippen LogP contribution in [0.3, 0.4) is 0 Å². The molecule has 0 spiro atoms. The van der Waals surface area contributed by atoms with Crippen molar-refractivity contribution in [2.24, 2.45) is 0 Å². The number of pyridine rings is 1. The lowest BCUT2D eigenvalue weighted by molar-refractivity contribution is -0.00545. The van der Waals surface area contributed by atoms with Gasteiger partial charge in [-0.2, -0.15) is 0 Å². The van der Waals surface area contributed by atoms with Crippen molar-refractivity contribution in [1.29, 1.82) is 0 Å². The summed E-state index contributed by atoms with van der Waals surface area (Å²) in [6, 6.07) is 12.2. The minimum Gasteiger partial charge on any atom is -0.372 e. The second-order valence-electron chi connectivity index (χ2n) is 6.78. The molecule has 1 saturated heterocycles. The standard InChI is InChI=1S/C20H23N5O/c1-14-11-25(12-15(2)26-14)19-8-7-16(9-21-19)10-22-20-17-5-3-4-6-18(17)23-13-24-20/h3-9,13-15H,10-12H2,1-2H3,(H,22,23,24)/t14-,15+. The highest BCUT2D eigenvalue weighted by atomic mass is 16.5. The summed E-state index contributed by atoms with van der Waals surface area (Å²) in [7, 11) is 0. The van der Waals surface area contributed by atoms with Crippen LogP contribution in [0.4, 0.5) is 11.6 Å². The van der Waals surface area contributed by atoms with Crippen LogP contribution < -0.4 is 10.2 Å². The maximum absolute atomic E-state index is 5.79. The van der Waals surface area contributed by atoms with Crippen LogP contribution in [0.15, 0.2) is 48.9 Å². The number of para-hydroxylation sites is 1. The zero-order valence-corrected chi connectivity index (χ0v) is 15.1. The molecule has 0 bridgehead atoms. The summed E-state index contributed by atoms with van der Waals surface area (Å²) in [6.07, 6.45) is 3.98. The van der Waals surface area contributed by atoms with E-state index in [9.17, 15) is 0 Å². The van der Waals surface area contributed by atoms with Gasteiger partial charge in [-0.25, -0.2) is 15.0 Å². The Balaban J connectivity index is 1.44. The molecule has 4 rings (SSSR count). The third kappa shape index (κ3) is 3.60. The van der Waals surface area contributed by atoms with Crippen LogP contribution in [0, 0.1) is 0 Å². The number of anilines is 2. The van der Waals surface area contributed by atoms with Crippen LogP contribution in [0.1, 0.15) is 19.4 Å². The molecule has 1 aliphatic rings. The fraction of sp³-hybridized carbons (Fsp3) is 0.350. The Morgan fingerprint density at radius 1 is 1.04 bits per heavy atom. The molecule has 0 amide bonds. The third-order valence-electron chi connectivity index (χ3n) is 4.56. The Bertz CT molecular complexity index is 868. The Labute approximate surface area is 153 Å². The van der Waals surface area contributed by atoms with Crippen molar-refractivity contribution in [1.82, 2.24) is 15.0 Å². The molecule has 6 heteroatoms. The van der Waals surface area contributed by atoms with E-state index in [1.54, 1.807) is 6.33 Å². The van der Waals surface area contributed by atoms with Crippen LogP contribution in [-0.2, 0) is 11.3 Å². The van der Waals surface area contributed by atoms with Crippen LogP contribution >= 0.6 is 0 Å². The van der Waals surface area contributed by atoms with Gasteiger partial charge in [0.1, 0.15) is 18.0 Å². The number of hydrogen-bond acceptors (Lipinski definition) is 6. The molecule has 6 nitrogen and oxygen atoms in total. The van der Waals surface area contributed by atoms with Crippen molar-refractivity contribution in [3.8, 4) is 0 Å². The van der Waals surface area contributed by atoms with Crippen molar-refractivity contribution < 1.29 is 4.74 Å². The molecular weight excluding hydrogens is 326 g/mol. The Morgan fingerprint density at radius 3 is 2.62 bits per heavy atom. The number of ether oxygens (including phenoxy) is 1. The van der Waals surface area contributed by atoms with Crippen molar-refractivity contribution in [2.75, 3.05) is 23.3 Å². The van der Waals surface area contributed by atoms with Crippen LogP contribution in [0.25, 0.3) is 10.9 Å². The van der Waals surface area contributed by atoms with E-state index in [1.165, 1.54) is 0 Å². The molecule has 26 heavy (non-hydrogen) atoms. The van der Waals surface area contributed by atoms with E-state index in [2.05, 4.69) is 51.1 Å². The van der Waals surface area contributed by atoms with Gasteiger partial charge in [-0.1, -0.05) is 18.2 Å². The van der Waals surface area contributed by atoms with E-state index in [0.29, 0.717) is 6.54 Å². The van der Waals surface area contributed by atoms with Crippen LogP contribution in [0.2, 0.25) is 0 Å². The van der Waals surface area contributed by atoms with Gasteiger partial charge >= 0.3 is 0 Å². The topological polar surface area (TPSA) is 63.2 Å². The minimum atomic E-state index is 0.230. The van der Waals surface area contributed by atoms with Gasteiger partial charge in [0.15, 0.2) is 0 Å². The molecule has 2 atom stereocenters. The fourth-order valence-corrected chi connectivity index (χ4v) is 3.40. The highest BCUT2D eigenvalue weighted by Gasteiger charge is 2.22. The first-order valence-corrected chi connectivity index (χ1v) is 8.98. The van der Waals surface area contributed by atoms with E-state index in [0.717, 1.165) is 41.2 Å². The fourth-order valence-electron chi connectivity index (χ4n) is 3.40. The number of hydrogen-bond donors (Lipinski definition) is 1. The van der Waals surface area contributed by atoms with E-state index in [4.69, 9.17) is 4.74 Å². The average molecular weight is 349 g/mol. The number of nitrogens with one attached hydrogen (secondary N) is 1. The zero-order chi connectivity index (χ0) is 17.9. The number of morpholine rings is 1. The molecule has 1 aliphatic heterocycles. The number of benzene rings is 1. The van der Waals surface area contributed by atoms with E-state index in [1.807, 2.05) is 30.5 Å². The molecule has 1 aromatic carbocycles. The zero-order valence-electron chi connectivity index (χ0n) is 15.1. The Morgan fingerprint density at radius 2 is 1.85 bits per heavy atom. The normalized spacial score (nSPS) is 20.3. The van der Waals surface area contributed by atoms with Gasteiger partial charge in [-0.3, -0.25) is 0 Å². The van der Waals surface area contributed by atoms with Crippen molar-refractivity contribution in [3.05, 3.63) is 54.5 Å². The number of aromatic nitrogens is 3. The number of nitrogens with zero attached hydrogens (tertiary/aromatic N) is 4. The Hall–Kier alpha value is -2.73. The molecule has 3 heterocycles. The van der Waals surface area contributed by atoms with E-state index < -0.39 is 0 Å². The van der Waals surface area contributed by atoms with Gasteiger partial charge < -0.3 is 15.0 Å². The van der Waals surface area contributed by atoms with Crippen molar-refractivity contribution >= 4 is 22.5 Å². The molecule has 134 valence electrons. The van der Waals surface area contributed by atoms with Crippen molar-refractivity contribution in [2.45, 2.75) is 32.6 Å². The van der Waals surface area contributed by atoms with Crippen LogP contribution in [0.5, 0.6) is 0 Å². The maximum Gasteiger partial charge on any atom is 0.137 e. The first-order chi connectivity index (χ1) is 12.7. The summed E-state index contributed by atoms with van der Waals surface area (Å²) >= 11 is 0. The second kappa shape index (κ2) is 7.25. The summed E-state index contributed by atoms with van der Waals surface area (Å²) in [5.41, 5.74) is 2.06. The van der Waals surface area contributed by atoms with Crippen molar-refractivity contribution in [3.63, 3.8) is 0 Å². The Kier molecular flexibility index (Phi) is 4.67. The smallest absolute Gasteiger partial charge is 0.137 e. The van der Waals surface area contributed by atoms with Gasteiger partial charge in [0.05, 0.1) is 17.7 Å². The molecule has 1 N–H and O–H groups in total. The molecule has 0 saturated carbocycles. The lowest BCUT2D eigenvalue weighted by Crippen LogP contribution is -2.45. The SMILES string of the molecule is C[C@@H]1CN(c2ccc(CNc3ncnc4ccccc34)cn2)C[C@H](C)O1. The number of rotatable bonds is 4. The first-order valence-electron chi connectivity index (χ1n) is 8.98. The summed E-state index contributed by atoms with van der Waals surface area (Å²) in [4.78, 5) is 15.6. The molecular formula is C20H23N5O. The van der Waals surface area contributed by atoms with E-state index in [-0.39, 0.29) is 12.2 Å². The van der Waals surface area contributed by atoms with Crippen LogP contribution in [-0.4, -0.2) is 40.2 Å². The predicted molar refractivity (Wildman–Crippen MR) is 103 cm³/mol. The predicted octanol–water partition coefficient (Wildman–Crippen LogP) is 3.25. The van der Waals surface area contributed by atoms with Gasteiger partial charge in [-0.05, 0) is 37.6 Å². The highest BCUT2D eigenvalue weighted by molar-refractivity contribution is 5.88. The van der Waals surface area contributed by atoms with Gasteiger partial charge in [0, 0.05) is 31.2 Å². The molecule has 0 unspecified atom stereocenters. The third-order valence-corrected chi connectivity index (χ3v) is 4.56. The summed E-state index contributed by atoms with van der Waals surface area (Å²) < 4.78 is 5.79.